The van der Waals surface area contributed by atoms with Crippen LogP contribution in [0.1, 0.15) is 28.3 Å². The zero-order valence-electron chi connectivity index (χ0n) is 11.1. The Morgan fingerprint density at radius 3 is 2.39 bits per heavy atom. The number of aryl methyl sites for hydroxylation is 2. The van der Waals surface area contributed by atoms with Gasteiger partial charge in [-0.15, -0.1) is 0 Å². The Kier molecular flexibility index (Phi) is 3.68. The quantitative estimate of drug-likeness (QED) is 0.894. The van der Waals surface area contributed by atoms with E-state index in [0.29, 0.717) is 0 Å². The van der Waals surface area contributed by atoms with Crippen molar-refractivity contribution in [1.82, 2.24) is 0 Å². The number of ether oxygens (including phenoxy) is 1. The van der Waals surface area contributed by atoms with Crippen molar-refractivity contribution >= 4 is 0 Å². The third kappa shape index (κ3) is 2.39. The summed E-state index contributed by atoms with van der Waals surface area (Å²) in [5.74, 6) is 0.886. The number of hydrogen-bond acceptors (Lipinski definition) is 2. The molecule has 2 heteroatoms. The fraction of sp³-hybridized carbons (Fsp3) is 0.250. The second kappa shape index (κ2) is 5.23. The van der Waals surface area contributed by atoms with Gasteiger partial charge in [-0.25, -0.2) is 0 Å². The first-order valence-electron chi connectivity index (χ1n) is 6.09. The molecule has 0 aliphatic heterocycles. The minimum atomic E-state index is -0.110. The lowest BCUT2D eigenvalue weighted by Gasteiger charge is -2.16. The van der Waals surface area contributed by atoms with E-state index in [9.17, 15) is 0 Å². The van der Waals surface area contributed by atoms with E-state index in [0.717, 1.165) is 22.4 Å². The van der Waals surface area contributed by atoms with Gasteiger partial charge in [0, 0.05) is 0 Å². The van der Waals surface area contributed by atoms with Gasteiger partial charge in [0.15, 0.2) is 0 Å². The summed E-state index contributed by atoms with van der Waals surface area (Å²) >= 11 is 0. The molecule has 0 aliphatic rings. The third-order valence-corrected chi connectivity index (χ3v) is 3.31. The summed E-state index contributed by atoms with van der Waals surface area (Å²) < 4.78 is 5.35. The Morgan fingerprint density at radius 2 is 1.72 bits per heavy atom. The molecular weight excluding hydrogens is 222 g/mol. The van der Waals surface area contributed by atoms with Crippen molar-refractivity contribution in [3.63, 3.8) is 0 Å². The Labute approximate surface area is 108 Å². The number of rotatable bonds is 3. The van der Waals surface area contributed by atoms with Gasteiger partial charge in [0.05, 0.1) is 13.2 Å². The van der Waals surface area contributed by atoms with E-state index in [2.05, 4.69) is 25.1 Å². The van der Waals surface area contributed by atoms with Crippen LogP contribution in [0.3, 0.4) is 0 Å². The molecule has 2 nitrogen and oxygen atoms in total. The molecule has 2 aromatic rings. The molecule has 0 radical (unpaired) electrons. The average Bonchev–Trinajstić information content (AvgIpc) is 2.39. The van der Waals surface area contributed by atoms with Crippen LogP contribution in [0.25, 0.3) is 0 Å². The van der Waals surface area contributed by atoms with Gasteiger partial charge < -0.3 is 10.5 Å². The molecule has 0 aliphatic carbocycles. The summed E-state index contributed by atoms with van der Waals surface area (Å²) in [6.45, 7) is 4.11. The first-order valence-corrected chi connectivity index (χ1v) is 6.09. The van der Waals surface area contributed by atoms with Crippen LogP contribution in [0.5, 0.6) is 5.75 Å². The average molecular weight is 241 g/mol. The lowest BCUT2D eigenvalue weighted by atomic mass is 9.95. The molecule has 2 rings (SSSR count). The Hall–Kier alpha value is -1.80. The molecule has 94 valence electrons. The first-order chi connectivity index (χ1) is 8.63. The van der Waals surface area contributed by atoms with E-state index in [1.807, 2.05) is 31.2 Å². The van der Waals surface area contributed by atoms with Crippen molar-refractivity contribution in [1.29, 1.82) is 0 Å². The summed E-state index contributed by atoms with van der Waals surface area (Å²) in [5, 5.41) is 0. The van der Waals surface area contributed by atoms with Gasteiger partial charge in [0.1, 0.15) is 5.75 Å². The van der Waals surface area contributed by atoms with Gasteiger partial charge in [-0.1, -0.05) is 36.4 Å². The molecular formula is C16H19NO. The highest BCUT2D eigenvalue weighted by Gasteiger charge is 2.12. The van der Waals surface area contributed by atoms with Crippen LogP contribution < -0.4 is 10.5 Å². The molecule has 0 saturated heterocycles. The fourth-order valence-electron chi connectivity index (χ4n) is 2.15. The highest BCUT2D eigenvalue weighted by Crippen LogP contribution is 2.27. The summed E-state index contributed by atoms with van der Waals surface area (Å²) in [6, 6.07) is 14.2. The Bertz CT molecular complexity index is 549. The predicted octanol–water partition coefficient (Wildman–Crippen LogP) is 3.36. The maximum absolute atomic E-state index is 6.34. The second-order valence-electron chi connectivity index (χ2n) is 4.56. The first kappa shape index (κ1) is 12.7. The molecule has 0 bridgehead atoms. The van der Waals surface area contributed by atoms with Crippen LogP contribution in [0, 0.1) is 13.8 Å². The molecule has 0 amide bonds. The molecule has 1 unspecified atom stereocenters. The van der Waals surface area contributed by atoms with Crippen LogP contribution in [-0.4, -0.2) is 7.11 Å². The van der Waals surface area contributed by atoms with E-state index in [1.165, 1.54) is 5.56 Å². The topological polar surface area (TPSA) is 35.2 Å². The number of hydrogen-bond donors (Lipinski definition) is 1. The zero-order valence-corrected chi connectivity index (χ0v) is 11.1. The van der Waals surface area contributed by atoms with Gasteiger partial charge in [0.2, 0.25) is 0 Å². The minimum absolute atomic E-state index is 0.110. The Morgan fingerprint density at radius 1 is 1.00 bits per heavy atom. The van der Waals surface area contributed by atoms with Crippen molar-refractivity contribution in [3.8, 4) is 5.75 Å². The van der Waals surface area contributed by atoms with E-state index in [1.54, 1.807) is 7.11 Å². The summed E-state index contributed by atoms with van der Waals surface area (Å²) in [7, 11) is 1.69. The van der Waals surface area contributed by atoms with Crippen molar-refractivity contribution in [2.24, 2.45) is 5.73 Å². The van der Waals surface area contributed by atoms with Gasteiger partial charge >= 0.3 is 0 Å². The lowest BCUT2D eigenvalue weighted by Crippen LogP contribution is -2.13. The minimum Gasteiger partial charge on any atom is -0.496 e. The van der Waals surface area contributed by atoms with Crippen LogP contribution in [0.2, 0.25) is 0 Å². The van der Waals surface area contributed by atoms with Gasteiger partial charge in [-0.05, 0) is 42.2 Å². The predicted molar refractivity (Wildman–Crippen MR) is 74.9 cm³/mol. The maximum Gasteiger partial charge on any atom is 0.122 e. The van der Waals surface area contributed by atoms with Gasteiger partial charge in [0.25, 0.3) is 0 Å². The molecule has 1 atom stereocenters. The van der Waals surface area contributed by atoms with Gasteiger partial charge in [-0.3, -0.25) is 0 Å². The SMILES string of the molecule is COc1cc(C(N)c2ccccc2C)ccc1C. The van der Waals surface area contributed by atoms with Crippen LogP contribution in [0.4, 0.5) is 0 Å². The van der Waals surface area contributed by atoms with Crippen molar-refractivity contribution < 1.29 is 4.74 Å². The molecule has 0 aromatic heterocycles. The molecule has 2 N–H and O–H groups in total. The smallest absolute Gasteiger partial charge is 0.122 e. The van der Waals surface area contributed by atoms with E-state index >= 15 is 0 Å². The molecule has 0 spiro atoms. The van der Waals surface area contributed by atoms with Crippen molar-refractivity contribution in [2.45, 2.75) is 19.9 Å². The number of nitrogens with two attached hydrogens (primary N) is 1. The molecule has 0 fully saturated rings. The van der Waals surface area contributed by atoms with Crippen LogP contribution in [-0.2, 0) is 0 Å². The van der Waals surface area contributed by atoms with Crippen molar-refractivity contribution in [2.75, 3.05) is 7.11 Å². The molecule has 0 heterocycles. The molecule has 0 saturated carbocycles. The molecule has 2 aromatic carbocycles. The Balaban J connectivity index is 2.40. The highest BCUT2D eigenvalue weighted by molar-refractivity contribution is 5.42. The summed E-state index contributed by atoms with van der Waals surface area (Å²) in [5.41, 5.74) is 10.9. The standard InChI is InChI=1S/C16H19NO/c1-11-6-4-5-7-14(11)16(17)13-9-8-12(2)15(10-13)18-3/h4-10,16H,17H2,1-3H3. The number of benzene rings is 2. The highest BCUT2D eigenvalue weighted by atomic mass is 16.5. The summed E-state index contributed by atoms with van der Waals surface area (Å²) in [6.07, 6.45) is 0. The van der Waals surface area contributed by atoms with Gasteiger partial charge in [-0.2, -0.15) is 0 Å². The normalized spacial score (nSPS) is 12.2. The fourth-order valence-corrected chi connectivity index (χ4v) is 2.15. The summed E-state index contributed by atoms with van der Waals surface area (Å²) in [4.78, 5) is 0. The van der Waals surface area contributed by atoms with Crippen LogP contribution in [0.15, 0.2) is 42.5 Å². The lowest BCUT2D eigenvalue weighted by molar-refractivity contribution is 0.411. The van der Waals surface area contributed by atoms with Crippen molar-refractivity contribution in [3.05, 3.63) is 64.7 Å². The molecule has 18 heavy (non-hydrogen) atoms. The number of methoxy groups -OCH3 is 1. The van der Waals surface area contributed by atoms with E-state index < -0.39 is 0 Å². The van der Waals surface area contributed by atoms with E-state index in [4.69, 9.17) is 10.5 Å². The maximum atomic E-state index is 6.34. The monoisotopic (exact) mass is 241 g/mol. The second-order valence-corrected chi connectivity index (χ2v) is 4.56. The largest absolute Gasteiger partial charge is 0.496 e. The van der Waals surface area contributed by atoms with Crippen LogP contribution >= 0.6 is 0 Å². The third-order valence-electron chi connectivity index (χ3n) is 3.31. The van der Waals surface area contributed by atoms with E-state index in [-0.39, 0.29) is 6.04 Å². The zero-order chi connectivity index (χ0) is 13.1.